The van der Waals surface area contributed by atoms with Crippen LogP contribution in [0, 0.1) is 0 Å². The monoisotopic (exact) mass is 846 g/mol. The van der Waals surface area contributed by atoms with Crippen LogP contribution >= 0.6 is 0 Å². The van der Waals surface area contributed by atoms with Gasteiger partial charge in [-0.25, -0.2) is 0 Å². The van der Waals surface area contributed by atoms with Crippen LogP contribution in [0.15, 0.2) is 24.3 Å². The van der Waals surface area contributed by atoms with Crippen LogP contribution in [-0.2, 0) is 14.3 Å². The van der Waals surface area contributed by atoms with Gasteiger partial charge in [0, 0.05) is 12.8 Å². The van der Waals surface area contributed by atoms with Crippen molar-refractivity contribution in [3.63, 3.8) is 0 Å². The van der Waals surface area contributed by atoms with Crippen LogP contribution in [0.4, 0.5) is 0 Å². The molecule has 0 rings (SSSR count). The van der Waals surface area contributed by atoms with Crippen LogP contribution in [0.1, 0.15) is 284 Å². The van der Waals surface area contributed by atoms with E-state index < -0.39 is 12.1 Å². The van der Waals surface area contributed by atoms with E-state index in [1.54, 1.807) is 0 Å². The molecular formula is C54H103NO5. The number of hydrogen-bond donors (Lipinski definition) is 3. The van der Waals surface area contributed by atoms with Crippen molar-refractivity contribution in [1.29, 1.82) is 0 Å². The zero-order valence-electron chi connectivity index (χ0n) is 40.2. The molecule has 6 nitrogen and oxygen atoms in total. The third-order valence-corrected chi connectivity index (χ3v) is 12.3. The Morgan fingerprint density at radius 2 is 0.817 bits per heavy atom. The summed E-state index contributed by atoms with van der Waals surface area (Å²) in [6.07, 6.45) is 58.8. The number of allylic oxidation sites excluding steroid dienone is 4. The molecule has 6 heteroatoms. The number of aliphatic hydroxyl groups excluding tert-OH is 2. The van der Waals surface area contributed by atoms with Crippen LogP contribution in [0.3, 0.4) is 0 Å². The van der Waals surface area contributed by atoms with Gasteiger partial charge in [0.15, 0.2) is 0 Å². The summed E-state index contributed by atoms with van der Waals surface area (Å²) in [5, 5.41) is 23.1. The largest absolute Gasteiger partial charge is 0.466 e. The minimum absolute atomic E-state index is 0.0108. The second kappa shape index (κ2) is 50.0. The van der Waals surface area contributed by atoms with Gasteiger partial charge < -0.3 is 20.3 Å². The molecule has 0 bridgehead atoms. The summed E-state index contributed by atoms with van der Waals surface area (Å²) < 4.78 is 5.45. The molecule has 0 saturated heterocycles. The number of rotatable bonds is 49. The number of amides is 1. The van der Waals surface area contributed by atoms with Gasteiger partial charge in [0.1, 0.15) is 0 Å². The average molecular weight is 846 g/mol. The number of esters is 1. The van der Waals surface area contributed by atoms with Gasteiger partial charge in [-0.05, 0) is 57.8 Å². The normalized spacial score (nSPS) is 12.8. The Morgan fingerprint density at radius 1 is 0.467 bits per heavy atom. The average Bonchev–Trinajstić information content (AvgIpc) is 3.25. The molecule has 0 heterocycles. The number of carbonyl (C=O) groups is 2. The molecule has 354 valence electrons. The Bertz CT molecular complexity index is 935. The molecule has 0 radical (unpaired) electrons. The predicted octanol–water partition coefficient (Wildman–Crippen LogP) is 15.9. The van der Waals surface area contributed by atoms with Crippen LogP contribution < -0.4 is 5.32 Å². The summed E-state index contributed by atoms with van der Waals surface area (Å²) in [5.41, 5.74) is 0. The summed E-state index contributed by atoms with van der Waals surface area (Å²) in [5.74, 6) is -0.0582. The zero-order valence-corrected chi connectivity index (χ0v) is 40.2. The molecule has 0 spiro atoms. The van der Waals surface area contributed by atoms with E-state index in [4.69, 9.17) is 4.74 Å². The Morgan fingerprint density at radius 3 is 1.23 bits per heavy atom. The minimum atomic E-state index is -0.668. The van der Waals surface area contributed by atoms with Crippen LogP contribution in [0.25, 0.3) is 0 Å². The highest BCUT2D eigenvalue weighted by atomic mass is 16.5. The summed E-state index contributed by atoms with van der Waals surface area (Å²) >= 11 is 0. The number of unbranched alkanes of at least 4 members (excludes halogenated alkanes) is 35. The van der Waals surface area contributed by atoms with Gasteiger partial charge >= 0.3 is 5.97 Å². The Labute approximate surface area is 373 Å². The van der Waals surface area contributed by atoms with Crippen molar-refractivity contribution in [2.45, 2.75) is 296 Å². The molecule has 2 unspecified atom stereocenters. The molecule has 0 aliphatic rings. The van der Waals surface area contributed by atoms with Gasteiger partial charge in [0.05, 0.1) is 25.4 Å². The van der Waals surface area contributed by atoms with Gasteiger partial charge in [0.2, 0.25) is 5.91 Å². The van der Waals surface area contributed by atoms with Crippen molar-refractivity contribution in [2.75, 3.05) is 13.2 Å². The zero-order chi connectivity index (χ0) is 43.7. The van der Waals surface area contributed by atoms with E-state index in [0.717, 1.165) is 70.6 Å². The first-order valence-corrected chi connectivity index (χ1v) is 26.6. The lowest BCUT2D eigenvalue weighted by molar-refractivity contribution is -0.143. The second-order valence-corrected chi connectivity index (χ2v) is 18.2. The molecule has 0 aliphatic heterocycles. The van der Waals surface area contributed by atoms with Crippen molar-refractivity contribution in [1.82, 2.24) is 5.32 Å². The number of nitrogens with one attached hydrogen (secondary N) is 1. The Balaban J connectivity index is 3.44. The van der Waals surface area contributed by atoms with Crippen molar-refractivity contribution < 1.29 is 24.5 Å². The van der Waals surface area contributed by atoms with Crippen LogP contribution in [0.5, 0.6) is 0 Å². The number of carbonyl (C=O) groups excluding carboxylic acids is 2. The van der Waals surface area contributed by atoms with E-state index >= 15 is 0 Å². The fourth-order valence-electron chi connectivity index (χ4n) is 8.16. The lowest BCUT2D eigenvalue weighted by Crippen LogP contribution is -2.45. The topological polar surface area (TPSA) is 95.9 Å². The highest BCUT2D eigenvalue weighted by Crippen LogP contribution is 2.16. The van der Waals surface area contributed by atoms with E-state index in [9.17, 15) is 19.8 Å². The maximum Gasteiger partial charge on any atom is 0.305 e. The second-order valence-electron chi connectivity index (χ2n) is 18.2. The molecular weight excluding hydrogens is 743 g/mol. The summed E-state index contributed by atoms with van der Waals surface area (Å²) in [6, 6.07) is -0.546. The summed E-state index contributed by atoms with van der Waals surface area (Å²) in [6.45, 7) is 4.89. The molecule has 0 saturated carbocycles. The molecule has 0 aliphatic carbocycles. The van der Waals surface area contributed by atoms with Crippen LogP contribution in [0.2, 0.25) is 0 Å². The molecule has 2 atom stereocenters. The maximum atomic E-state index is 12.4. The molecule has 0 aromatic heterocycles. The van der Waals surface area contributed by atoms with Gasteiger partial charge in [-0.1, -0.05) is 237 Å². The first kappa shape index (κ1) is 58.3. The van der Waals surface area contributed by atoms with E-state index in [0.29, 0.717) is 25.9 Å². The van der Waals surface area contributed by atoms with Gasteiger partial charge in [-0.15, -0.1) is 0 Å². The molecule has 3 N–H and O–H groups in total. The highest BCUT2D eigenvalue weighted by Gasteiger charge is 2.20. The standard InChI is InChI=1S/C54H103NO5/c1-3-5-7-9-11-13-14-15-21-25-28-32-36-40-44-48-54(59)60-49-45-41-37-33-29-26-23-20-18-16-17-19-22-24-27-31-35-39-43-47-53(58)55-51(50-56)52(57)46-42-38-34-30-12-10-8-6-4-2/h20,23,26,29,51-52,56-57H,3-19,21-22,24-25,27-28,30-50H2,1-2H3,(H,55,58)/b23-20-,29-26-. The van der Waals surface area contributed by atoms with Crippen LogP contribution in [-0.4, -0.2) is 47.4 Å². The van der Waals surface area contributed by atoms with Crippen molar-refractivity contribution >= 4 is 11.9 Å². The third kappa shape index (κ3) is 45.9. The molecule has 1 amide bonds. The molecule has 0 aromatic rings. The third-order valence-electron chi connectivity index (χ3n) is 12.3. The number of ether oxygens (including phenoxy) is 1. The molecule has 60 heavy (non-hydrogen) atoms. The van der Waals surface area contributed by atoms with E-state index in [2.05, 4.69) is 43.5 Å². The SMILES string of the molecule is CCCCCCCCCCCCCCCCCC(=O)OCCCCC/C=C\C=C/CCCCCCCCCCCCC(=O)NC(CO)C(O)CCCCCCCCCCC. The first-order valence-electron chi connectivity index (χ1n) is 26.6. The van der Waals surface area contributed by atoms with Gasteiger partial charge in [0.25, 0.3) is 0 Å². The molecule has 0 aromatic carbocycles. The Kier molecular flexibility index (Phi) is 48.6. The molecule has 0 fully saturated rings. The maximum absolute atomic E-state index is 12.4. The predicted molar refractivity (Wildman–Crippen MR) is 260 cm³/mol. The van der Waals surface area contributed by atoms with E-state index in [1.807, 2.05) is 0 Å². The lowest BCUT2D eigenvalue weighted by atomic mass is 10.0. The van der Waals surface area contributed by atoms with Crippen molar-refractivity contribution in [2.24, 2.45) is 0 Å². The van der Waals surface area contributed by atoms with Crippen molar-refractivity contribution in [3.05, 3.63) is 24.3 Å². The van der Waals surface area contributed by atoms with E-state index in [-0.39, 0.29) is 18.5 Å². The quantitative estimate of drug-likeness (QED) is 0.0322. The highest BCUT2D eigenvalue weighted by molar-refractivity contribution is 5.76. The summed E-state index contributed by atoms with van der Waals surface area (Å²) in [7, 11) is 0. The Hall–Kier alpha value is -1.66. The summed E-state index contributed by atoms with van der Waals surface area (Å²) in [4.78, 5) is 24.4. The van der Waals surface area contributed by atoms with Gasteiger partial charge in [-0.3, -0.25) is 9.59 Å². The van der Waals surface area contributed by atoms with Gasteiger partial charge in [-0.2, -0.15) is 0 Å². The smallest absolute Gasteiger partial charge is 0.305 e. The lowest BCUT2D eigenvalue weighted by Gasteiger charge is -2.22. The van der Waals surface area contributed by atoms with Crippen molar-refractivity contribution in [3.8, 4) is 0 Å². The fourth-order valence-corrected chi connectivity index (χ4v) is 8.16. The minimum Gasteiger partial charge on any atom is -0.466 e. The first-order chi connectivity index (χ1) is 29.5. The fraction of sp³-hybridized carbons (Fsp3) is 0.889. The van der Waals surface area contributed by atoms with E-state index in [1.165, 1.54) is 180 Å². The number of aliphatic hydroxyl groups is 2. The number of hydrogen-bond acceptors (Lipinski definition) is 5.